The Hall–Kier alpha value is -2.62. The summed E-state index contributed by atoms with van der Waals surface area (Å²) in [5.74, 6) is 0. The van der Waals surface area contributed by atoms with E-state index in [2.05, 4.69) is 75.4 Å². The molecule has 1 amide bonds. The number of carbonyl (C=O) groups is 1. The number of likely N-dealkylation sites (tertiary alicyclic amines) is 1. The van der Waals surface area contributed by atoms with Gasteiger partial charge in [-0.3, -0.25) is 0 Å². The fourth-order valence-corrected chi connectivity index (χ4v) is 6.17. The zero-order chi connectivity index (χ0) is 29.8. The summed E-state index contributed by atoms with van der Waals surface area (Å²) < 4.78 is 20.5. The van der Waals surface area contributed by atoms with Gasteiger partial charge < -0.3 is 23.7 Å². The van der Waals surface area contributed by atoms with Crippen molar-refractivity contribution < 1.29 is 19.0 Å². The molecular weight excluding hydrogens is 529 g/mol. The Kier molecular flexibility index (Phi) is 9.71. The number of rotatable bonds is 10. The van der Waals surface area contributed by atoms with E-state index in [4.69, 9.17) is 19.2 Å². The first-order valence-electron chi connectivity index (χ1n) is 14.9. The average Bonchev–Trinajstić information content (AvgIpc) is 3.31. The van der Waals surface area contributed by atoms with Gasteiger partial charge in [0.2, 0.25) is 0 Å². The molecule has 222 valence electrons. The summed E-state index contributed by atoms with van der Waals surface area (Å²) in [7, 11) is 0.990. The second kappa shape index (κ2) is 12.7. The number of carbonyl (C=O) groups excluding carboxylic acids is 1. The quantitative estimate of drug-likeness (QED) is 0.230. The van der Waals surface area contributed by atoms with Gasteiger partial charge in [-0.05, 0) is 58.2 Å². The van der Waals surface area contributed by atoms with Crippen LogP contribution in [0.3, 0.4) is 0 Å². The third-order valence-electron chi connectivity index (χ3n) is 7.93. The third kappa shape index (κ3) is 8.24. The lowest BCUT2D eigenvalue weighted by Crippen LogP contribution is -2.48. The normalized spacial score (nSPS) is 16.6. The Morgan fingerprint density at radius 2 is 1.80 bits per heavy atom. The molecule has 1 aliphatic rings. The number of piperidine rings is 1. The first-order chi connectivity index (χ1) is 19.3. The van der Waals surface area contributed by atoms with Crippen molar-refractivity contribution >= 4 is 38.5 Å². The van der Waals surface area contributed by atoms with E-state index < -0.39 is 13.7 Å². The van der Waals surface area contributed by atoms with Gasteiger partial charge in [0.1, 0.15) is 20.2 Å². The largest absolute Gasteiger partial charge is 0.444 e. The molecule has 1 aliphatic heterocycles. The van der Waals surface area contributed by atoms with Crippen molar-refractivity contribution in [3.05, 3.63) is 59.9 Å². The number of ether oxygens (including phenoxy) is 3. The van der Waals surface area contributed by atoms with E-state index in [1.165, 1.54) is 11.0 Å². The molecule has 2 heterocycles. The number of imidazole rings is 1. The van der Waals surface area contributed by atoms with E-state index in [0.717, 1.165) is 42.1 Å². The van der Waals surface area contributed by atoms with Crippen molar-refractivity contribution in [1.29, 1.82) is 0 Å². The zero-order valence-corrected chi connectivity index (χ0v) is 27.3. The van der Waals surface area contributed by atoms with Crippen molar-refractivity contribution in [3.8, 4) is 0 Å². The third-order valence-corrected chi connectivity index (χ3v) is 9.64. The standard InChI is InChI=1S/C32H48BN3O4Si/c1-24(27-19-26(33)20-28-29(27)34-22-36(28)23-38-17-18-41(5,6)7)39-21-32(25-11-9-8-10-12-25)13-15-35(16-14-32)30(37)40-31(2,3)4/h8-12,19-20,22,24H,13-18,21,23,33H2,1-7H3. The lowest BCUT2D eigenvalue weighted by Gasteiger charge is -2.42. The minimum atomic E-state index is -1.13. The molecule has 3 aromatic rings. The van der Waals surface area contributed by atoms with E-state index in [1.807, 2.05) is 38.1 Å². The summed E-state index contributed by atoms with van der Waals surface area (Å²) in [5, 5.41) is 0. The number of hydrogen-bond donors (Lipinski definition) is 0. The highest BCUT2D eigenvalue weighted by Crippen LogP contribution is 2.38. The number of fused-ring (bicyclic) bond motifs is 1. The average molecular weight is 578 g/mol. The van der Waals surface area contributed by atoms with Crippen LogP contribution in [0.25, 0.3) is 11.0 Å². The molecule has 1 saturated heterocycles. The molecule has 0 radical (unpaired) electrons. The molecule has 7 nitrogen and oxygen atoms in total. The van der Waals surface area contributed by atoms with Gasteiger partial charge in [0.05, 0.1) is 30.1 Å². The molecule has 0 aliphatic carbocycles. The molecule has 1 aromatic heterocycles. The highest BCUT2D eigenvalue weighted by Gasteiger charge is 2.39. The zero-order valence-electron chi connectivity index (χ0n) is 26.3. The molecule has 0 bridgehead atoms. The first kappa shape index (κ1) is 31.3. The van der Waals surface area contributed by atoms with Gasteiger partial charge >= 0.3 is 6.09 Å². The maximum absolute atomic E-state index is 12.8. The molecule has 0 saturated carbocycles. The van der Waals surface area contributed by atoms with Crippen LogP contribution in [0, 0.1) is 0 Å². The van der Waals surface area contributed by atoms with Crippen LogP contribution in [0.15, 0.2) is 48.8 Å². The summed E-state index contributed by atoms with van der Waals surface area (Å²) in [5.41, 5.74) is 4.88. The second-order valence-corrected chi connectivity index (χ2v) is 19.5. The van der Waals surface area contributed by atoms with Gasteiger partial charge in [-0.1, -0.05) is 61.5 Å². The Morgan fingerprint density at radius 1 is 1.12 bits per heavy atom. The van der Waals surface area contributed by atoms with Crippen molar-refractivity contribution in [2.24, 2.45) is 0 Å². The maximum atomic E-state index is 12.8. The molecule has 0 N–H and O–H groups in total. The van der Waals surface area contributed by atoms with Crippen LogP contribution >= 0.6 is 0 Å². The van der Waals surface area contributed by atoms with Crippen molar-refractivity contribution in [3.63, 3.8) is 0 Å². The maximum Gasteiger partial charge on any atom is 0.410 e. The molecule has 41 heavy (non-hydrogen) atoms. The van der Waals surface area contributed by atoms with Crippen LogP contribution in [0.5, 0.6) is 0 Å². The lowest BCUT2D eigenvalue weighted by atomic mass is 9.73. The monoisotopic (exact) mass is 577 g/mol. The lowest BCUT2D eigenvalue weighted by molar-refractivity contribution is -0.00930. The minimum absolute atomic E-state index is 0.141. The summed E-state index contributed by atoms with van der Waals surface area (Å²) in [6.07, 6.45) is 3.13. The van der Waals surface area contributed by atoms with Crippen LogP contribution < -0.4 is 5.46 Å². The highest BCUT2D eigenvalue weighted by molar-refractivity contribution is 6.76. The molecule has 1 atom stereocenters. The van der Waals surface area contributed by atoms with Crippen molar-refractivity contribution in [1.82, 2.24) is 14.5 Å². The molecule has 2 aromatic carbocycles. The summed E-state index contributed by atoms with van der Waals surface area (Å²) in [4.78, 5) is 19.4. The molecule has 1 fully saturated rings. The smallest absolute Gasteiger partial charge is 0.410 e. The van der Waals surface area contributed by atoms with Gasteiger partial charge in [0, 0.05) is 38.7 Å². The molecular formula is C32H48BN3O4Si. The molecule has 1 unspecified atom stereocenters. The topological polar surface area (TPSA) is 65.8 Å². The first-order valence-corrected chi connectivity index (χ1v) is 18.7. The van der Waals surface area contributed by atoms with Crippen LogP contribution in [-0.4, -0.2) is 68.4 Å². The SMILES string of the molecule is Bc1cc(C(C)OCC2(c3ccccc3)CCN(C(=O)OC(C)(C)C)CC2)c2ncn(COCC[Si](C)(C)C)c2c1. The van der Waals surface area contributed by atoms with Gasteiger partial charge in [-0.25, -0.2) is 9.78 Å². The summed E-state index contributed by atoms with van der Waals surface area (Å²) >= 11 is 0. The minimum Gasteiger partial charge on any atom is -0.444 e. The highest BCUT2D eigenvalue weighted by atomic mass is 28.3. The van der Waals surface area contributed by atoms with E-state index in [-0.39, 0.29) is 17.6 Å². The Labute approximate surface area is 248 Å². The van der Waals surface area contributed by atoms with E-state index >= 15 is 0 Å². The predicted octanol–water partition coefficient (Wildman–Crippen LogP) is 5.65. The number of nitrogens with zero attached hydrogens (tertiary/aromatic N) is 3. The second-order valence-electron chi connectivity index (χ2n) is 13.9. The van der Waals surface area contributed by atoms with Gasteiger partial charge in [0.25, 0.3) is 0 Å². The Balaban J connectivity index is 1.48. The predicted molar refractivity (Wildman–Crippen MR) is 172 cm³/mol. The number of benzene rings is 2. The van der Waals surface area contributed by atoms with Crippen LogP contribution in [-0.2, 0) is 26.4 Å². The van der Waals surface area contributed by atoms with Crippen LogP contribution in [0.4, 0.5) is 4.79 Å². The van der Waals surface area contributed by atoms with E-state index in [9.17, 15) is 4.79 Å². The molecule has 0 spiro atoms. The number of hydrogen-bond acceptors (Lipinski definition) is 5. The fraction of sp³-hybridized carbons (Fsp3) is 0.562. The molecule has 9 heteroatoms. The van der Waals surface area contributed by atoms with Gasteiger partial charge in [0.15, 0.2) is 0 Å². The van der Waals surface area contributed by atoms with Gasteiger partial charge in [-0.15, -0.1) is 0 Å². The van der Waals surface area contributed by atoms with Crippen molar-refractivity contribution in [2.75, 3.05) is 26.3 Å². The molecule has 4 rings (SSSR count). The van der Waals surface area contributed by atoms with E-state index in [1.54, 1.807) is 0 Å². The number of aromatic nitrogens is 2. The summed E-state index contributed by atoms with van der Waals surface area (Å²) in [6, 6.07) is 16.1. The van der Waals surface area contributed by atoms with Crippen LogP contribution in [0.2, 0.25) is 25.7 Å². The Morgan fingerprint density at radius 3 is 2.44 bits per heavy atom. The van der Waals surface area contributed by atoms with E-state index in [0.29, 0.717) is 26.4 Å². The summed E-state index contributed by atoms with van der Waals surface area (Å²) in [6.45, 7) is 18.1. The Bertz CT molecular complexity index is 1310. The number of amides is 1. The van der Waals surface area contributed by atoms with Gasteiger partial charge in [-0.2, -0.15) is 0 Å². The van der Waals surface area contributed by atoms with Crippen LogP contribution in [0.1, 0.15) is 57.8 Å². The fourth-order valence-electron chi connectivity index (χ4n) is 5.42. The van der Waals surface area contributed by atoms with Crippen molar-refractivity contribution in [2.45, 2.75) is 90.1 Å².